The van der Waals surface area contributed by atoms with Gasteiger partial charge in [-0.25, -0.2) is 9.97 Å². The topological polar surface area (TPSA) is 37.8 Å². The summed E-state index contributed by atoms with van der Waals surface area (Å²) in [4.78, 5) is 8.76. The van der Waals surface area contributed by atoms with E-state index in [0.29, 0.717) is 17.8 Å². The molecule has 0 bridgehead atoms. The molecule has 1 heterocycles. The van der Waals surface area contributed by atoms with E-state index in [0.717, 1.165) is 18.7 Å². The van der Waals surface area contributed by atoms with Crippen molar-refractivity contribution in [2.45, 2.75) is 45.6 Å². The van der Waals surface area contributed by atoms with Crippen molar-refractivity contribution in [3.8, 4) is 0 Å². The van der Waals surface area contributed by atoms with E-state index in [1.165, 1.54) is 24.1 Å². The lowest BCUT2D eigenvalue weighted by molar-refractivity contribution is 0.561. The molecule has 0 saturated carbocycles. The second-order valence-electron chi connectivity index (χ2n) is 4.92. The number of nitrogens with one attached hydrogen (secondary N) is 1. The number of aryl methyl sites for hydroxylation is 1. The highest BCUT2D eigenvalue weighted by Gasteiger charge is 2.18. The van der Waals surface area contributed by atoms with E-state index in [-0.39, 0.29) is 0 Å². The number of rotatable bonds is 4. The highest BCUT2D eigenvalue weighted by molar-refractivity contribution is 6.18. The van der Waals surface area contributed by atoms with Crippen LogP contribution in [0.3, 0.4) is 0 Å². The van der Waals surface area contributed by atoms with Crippen molar-refractivity contribution < 1.29 is 0 Å². The zero-order chi connectivity index (χ0) is 12.3. The van der Waals surface area contributed by atoms with Gasteiger partial charge in [0.15, 0.2) is 0 Å². The fraction of sp³-hybridized carbons (Fsp3) is 0.692. The summed E-state index contributed by atoms with van der Waals surface area (Å²) < 4.78 is 0. The predicted molar refractivity (Wildman–Crippen MR) is 71.6 cm³/mol. The Hall–Kier alpha value is -0.830. The summed E-state index contributed by atoms with van der Waals surface area (Å²) in [6.07, 6.45) is 6.35. The fourth-order valence-electron chi connectivity index (χ4n) is 2.14. The summed E-state index contributed by atoms with van der Waals surface area (Å²) >= 11 is 5.88. The smallest absolute Gasteiger partial charge is 0.133 e. The Balaban J connectivity index is 2.15. The third-order valence-electron chi connectivity index (χ3n) is 3.59. The van der Waals surface area contributed by atoms with E-state index in [4.69, 9.17) is 11.6 Å². The Morgan fingerprint density at radius 3 is 2.82 bits per heavy atom. The van der Waals surface area contributed by atoms with Crippen molar-refractivity contribution >= 4 is 17.4 Å². The van der Waals surface area contributed by atoms with Crippen LogP contribution >= 0.6 is 11.6 Å². The molecule has 0 saturated heterocycles. The lowest BCUT2D eigenvalue weighted by Crippen LogP contribution is -2.26. The van der Waals surface area contributed by atoms with Gasteiger partial charge in [-0.2, -0.15) is 0 Å². The molecule has 2 atom stereocenters. The number of anilines is 1. The molecule has 0 fully saturated rings. The minimum Gasteiger partial charge on any atom is -0.367 e. The molecule has 1 aliphatic carbocycles. The monoisotopic (exact) mass is 253 g/mol. The van der Waals surface area contributed by atoms with Crippen LogP contribution < -0.4 is 5.32 Å². The number of nitrogens with zero attached hydrogens (tertiary/aromatic N) is 2. The van der Waals surface area contributed by atoms with Crippen molar-refractivity contribution in [3.05, 3.63) is 17.6 Å². The molecule has 3 nitrogen and oxygen atoms in total. The number of halogens is 1. The van der Waals surface area contributed by atoms with Crippen LogP contribution in [0, 0.1) is 5.92 Å². The van der Waals surface area contributed by atoms with E-state index < -0.39 is 0 Å². The van der Waals surface area contributed by atoms with Gasteiger partial charge in [-0.05, 0) is 38.5 Å². The largest absolute Gasteiger partial charge is 0.367 e. The van der Waals surface area contributed by atoms with Gasteiger partial charge in [0.1, 0.15) is 12.1 Å². The summed E-state index contributed by atoms with van der Waals surface area (Å²) in [5, 5.41) is 3.49. The maximum absolute atomic E-state index is 5.88. The number of fused-ring (bicyclic) bond motifs is 1. The summed E-state index contributed by atoms with van der Waals surface area (Å²) in [7, 11) is 0. The third kappa shape index (κ3) is 2.89. The van der Waals surface area contributed by atoms with E-state index in [1.807, 2.05) is 0 Å². The van der Waals surface area contributed by atoms with Crippen LogP contribution in [0.1, 0.15) is 37.9 Å². The Labute approximate surface area is 108 Å². The average Bonchev–Trinajstić information content (AvgIpc) is 2.38. The summed E-state index contributed by atoms with van der Waals surface area (Å²) in [6, 6.07) is 0.341. The molecule has 0 aliphatic heterocycles. The van der Waals surface area contributed by atoms with Gasteiger partial charge in [0, 0.05) is 23.2 Å². The van der Waals surface area contributed by atoms with Crippen LogP contribution in [-0.4, -0.2) is 21.9 Å². The minimum atomic E-state index is 0.341. The first kappa shape index (κ1) is 12.6. The molecule has 2 unspecified atom stereocenters. The van der Waals surface area contributed by atoms with Crippen molar-refractivity contribution in [3.63, 3.8) is 0 Å². The first-order chi connectivity index (χ1) is 8.22. The van der Waals surface area contributed by atoms with Crippen LogP contribution in [0.2, 0.25) is 0 Å². The van der Waals surface area contributed by atoms with Crippen LogP contribution in [0.15, 0.2) is 6.33 Å². The van der Waals surface area contributed by atoms with Gasteiger partial charge in [-0.15, -0.1) is 11.6 Å². The Kier molecular flexibility index (Phi) is 4.21. The van der Waals surface area contributed by atoms with E-state index in [9.17, 15) is 0 Å². The Bertz CT molecular complexity index is 381. The molecule has 4 heteroatoms. The SMILES string of the molecule is CC(CCl)C(C)Nc1ncnc2c1CCCC2. The minimum absolute atomic E-state index is 0.341. The first-order valence-corrected chi connectivity index (χ1v) is 6.91. The van der Waals surface area contributed by atoms with Crippen LogP contribution in [-0.2, 0) is 12.8 Å². The molecule has 94 valence electrons. The van der Waals surface area contributed by atoms with Crippen molar-refractivity contribution in [2.75, 3.05) is 11.2 Å². The van der Waals surface area contributed by atoms with E-state index in [1.54, 1.807) is 6.33 Å². The van der Waals surface area contributed by atoms with Gasteiger partial charge in [0.25, 0.3) is 0 Å². The number of hydrogen-bond donors (Lipinski definition) is 1. The van der Waals surface area contributed by atoms with Crippen molar-refractivity contribution in [1.82, 2.24) is 9.97 Å². The fourth-order valence-corrected chi connectivity index (χ4v) is 2.40. The molecule has 2 rings (SSSR count). The molecule has 0 spiro atoms. The van der Waals surface area contributed by atoms with Gasteiger partial charge < -0.3 is 5.32 Å². The van der Waals surface area contributed by atoms with Crippen LogP contribution in [0.5, 0.6) is 0 Å². The van der Waals surface area contributed by atoms with Gasteiger partial charge in [-0.1, -0.05) is 6.92 Å². The number of hydrogen-bond acceptors (Lipinski definition) is 3. The lowest BCUT2D eigenvalue weighted by atomic mass is 9.96. The second kappa shape index (κ2) is 5.67. The van der Waals surface area contributed by atoms with Gasteiger partial charge >= 0.3 is 0 Å². The van der Waals surface area contributed by atoms with Crippen LogP contribution in [0.25, 0.3) is 0 Å². The normalized spacial score (nSPS) is 18.3. The number of alkyl halides is 1. The molecule has 1 aliphatic rings. The molecule has 0 aromatic carbocycles. The average molecular weight is 254 g/mol. The molecular weight excluding hydrogens is 234 g/mol. The summed E-state index contributed by atoms with van der Waals surface area (Å²) in [5.41, 5.74) is 2.53. The zero-order valence-electron chi connectivity index (χ0n) is 10.5. The van der Waals surface area contributed by atoms with E-state index >= 15 is 0 Å². The second-order valence-corrected chi connectivity index (χ2v) is 5.23. The molecular formula is C13H20ClN3. The third-order valence-corrected chi connectivity index (χ3v) is 4.07. The Morgan fingerprint density at radius 2 is 2.06 bits per heavy atom. The van der Waals surface area contributed by atoms with Gasteiger partial charge in [-0.3, -0.25) is 0 Å². The molecule has 0 radical (unpaired) electrons. The highest BCUT2D eigenvalue weighted by Crippen LogP contribution is 2.25. The summed E-state index contributed by atoms with van der Waals surface area (Å²) in [6.45, 7) is 4.31. The highest BCUT2D eigenvalue weighted by atomic mass is 35.5. The molecule has 1 aromatic heterocycles. The quantitative estimate of drug-likeness (QED) is 0.839. The first-order valence-electron chi connectivity index (χ1n) is 6.37. The van der Waals surface area contributed by atoms with Crippen molar-refractivity contribution in [2.24, 2.45) is 5.92 Å². The predicted octanol–water partition coefficient (Wildman–Crippen LogP) is 3.03. The summed E-state index contributed by atoms with van der Waals surface area (Å²) in [5.74, 6) is 2.12. The van der Waals surface area contributed by atoms with Crippen molar-refractivity contribution in [1.29, 1.82) is 0 Å². The molecule has 17 heavy (non-hydrogen) atoms. The lowest BCUT2D eigenvalue weighted by Gasteiger charge is -2.23. The maximum atomic E-state index is 5.88. The molecule has 1 N–H and O–H groups in total. The van der Waals surface area contributed by atoms with E-state index in [2.05, 4.69) is 29.1 Å². The van der Waals surface area contributed by atoms with Crippen LogP contribution in [0.4, 0.5) is 5.82 Å². The molecule has 0 amide bonds. The Morgan fingerprint density at radius 1 is 1.29 bits per heavy atom. The number of aromatic nitrogens is 2. The maximum Gasteiger partial charge on any atom is 0.133 e. The molecule has 1 aromatic rings. The van der Waals surface area contributed by atoms with Gasteiger partial charge in [0.2, 0.25) is 0 Å². The standard InChI is InChI=1S/C13H20ClN3/c1-9(7-14)10(2)17-13-11-5-3-4-6-12(11)15-8-16-13/h8-10H,3-7H2,1-2H3,(H,15,16,17). The van der Waals surface area contributed by atoms with Gasteiger partial charge in [0.05, 0.1) is 0 Å². The zero-order valence-corrected chi connectivity index (χ0v) is 11.3.